The fourth-order valence-corrected chi connectivity index (χ4v) is 2.22. The van der Waals surface area contributed by atoms with E-state index in [2.05, 4.69) is 25.8 Å². The van der Waals surface area contributed by atoms with Crippen molar-refractivity contribution in [3.8, 4) is 0 Å². The maximum Gasteiger partial charge on any atom is 0.0278 e. The van der Waals surface area contributed by atoms with Crippen LogP contribution in [0.4, 0.5) is 0 Å². The Hall–Kier alpha value is -0.540. The van der Waals surface area contributed by atoms with E-state index in [1.807, 2.05) is 36.3 Å². The normalized spacial score (nSPS) is 14.0. The van der Waals surface area contributed by atoms with E-state index in [-0.39, 0.29) is 5.41 Å². The van der Waals surface area contributed by atoms with Gasteiger partial charge in [0.05, 0.1) is 0 Å². The number of rotatable bonds is 3. The Morgan fingerprint density at radius 3 is 2.36 bits per heavy atom. The van der Waals surface area contributed by atoms with Crippen molar-refractivity contribution < 1.29 is 0 Å². The molecule has 1 unspecified atom stereocenters. The molecule has 14 heavy (non-hydrogen) atoms. The molecule has 0 fully saturated rings. The summed E-state index contributed by atoms with van der Waals surface area (Å²) in [4.78, 5) is 5.24. The van der Waals surface area contributed by atoms with Gasteiger partial charge in [0.25, 0.3) is 0 Å². The van der Waals surface area contributed by atoms with Crippen molar-refractivity contribution in [2.24, 2.45) is 11.1 Å². The molecule has 0 aliphatic heterocycles. The van der Waals surface area contributed by atoms with Gasteiger partial charge < -0.3 is 5.73 Å². The van der Waals surface area contributed by atoms with Gasteiger partial charge in [0.15, 0.2) is 0 Å². The summed E-state index contributed by atoms with van der Waals surface area (Å²) in [6, 6.07) is 4.05. The van der Waals surface area contributed by atoms with Crippen molar-refractivity contribution in [2.45, 2.75) is 30.9 Å². The molecular formula is C11H18N2S. The second-order valence-electron chi connectivity index (χ2n) is 4.39. The average molecular weight is 210 g/mol. The first-order chi connectivity index (χ1) is 6.54. The van der Waals surface area contributed by atoms with E-state index in [0.29, 0.717) is 11.8 Å². The maximum atomic E-state index is 5.77. The minimum Gasteiger partial charge on any atom is -0.329 e. The van der Waals surface area contributed by atoms with Crippen molar-refractivity contribution in [1.29, 1.82) is 0 Å². The van der Waals surface area contributed by atoms with E-state index in [4.69, 9.17) is 5.73 Å². The predicted octanol–water partition coefficient (Wildman–Crippen LogP) is 2.55. The van der Waals surface area contributed by atoms with Crippen LogP contribution < -0.4 is 5.73 Å². The van der Waals surface area contributed by atoms with Crippen LogP contribution in [0.1, 0.15) is 20.8 Å². The topological polar surface area (TPSA) is 38.9 Å². The minimum absolute atomic E-state index is 0.239. The SMILES string of the molecule is CC(C)(C)C(CN)Sc1ccncc1. The molecule has 0 aromatic carbocycles. The predicted molar refractivity (Wildman–Crippen MR) is 62.4 cm³/mol. The smallest absolute Gasteiger partial charge is 0.0278 e. The number of thioether (sulfide) groups is 1. The highest BCUT2D eigenvalue weighted by Gasteiger charge is 2.23. The fourth-order valence-electron chi connectivity index (χ4n) is 1.16. The van der Waals surface area contributed by atoms with E-state index in [1.54, 1.807) is 0 Å². The van der Waals surface area contributed by atoms with Crippen LogP contribution in [0.5, 0.6) is 0 Å². The third-order valence-corrected chi connectivity index (χ3v) is 3.84. The van der Waals surface area contributed by atoms with Gasteiger partial charge >= 0.3 is 0 Å². The summed E-state index contributed by atoms with van der Waals surface area (Å²) in [5.74, 6) is 0. The van der Waals surface area contributed by atoms with Crippen molar-refractivity contribution in [3.05, 3.63) is 24.5 Å². The zero-order valence-corrected chi connectivity index (χ0v) is 9.84. The number of aromatic nitrogens is 1. The molecular weight excluding hydrogens is 192 g/mol. The third-order valence-electron chi connectivity index (χ3n) is 2.11. The summed E-state index contributed by atoms with van der Waals surface area (Å²) in [5, 5.41) is 0.449. The first-order valence-electron chi connectivity index (χ1n) is 4.81. The van der Waals surface area contributed by atoms with Gasteiger partial charge in [-0.05, 0) is 17.5 Å². The first kappa shape index (κ1) is 11.5. The van der Waals surface area contributed by atoms with E-state index < -0.39 is 0 Å². The lowest BCUT2D eigenvalue weighted by molar-refractivity contribution is 0.398. The molecule has 3 heteroatoms. The molecule has 0 bridgehead atoms. The van der Waals surface area contributed by atoms with Crippen LogP contribution >= 0.6 is 11.8 Å². The summed E-state index contributed by atoms with van der Waals surface area (Å²) >= 11 is 1.83. The molecule has 0 aliphatic carbocycles. The van der Waals surface area contributed by atoms with Gasteiger partial charge in [-0.15, -0.1) is 11.8 Å². The largest absolute Gasteiger partial charge is 0.329 e. The molecule has 2 N–H and O–H groups in total. The zero-order chi connectivity index (χ0) is 10.6. The lowest BCUT2D eigenvalue weighted by Gasteiger charge is -2.28. The second-order valence-corrected chi connectivity index (χ2v) is 5.67. The van der Waals surface area contributed by atoms with Gasteiger partial charge in [-0.2, -0.15) is 0 Å². The van der Waals surface area contributed by atoms with Crippen LogP contribution in [0.25, 0.3) is 0 Å². The van der Waals surface area contributed by atoms with Crippen molar-refractivity contribution >= 4 is 11.8 Å². The molecule has 1 rings (SSSR count). The Labute approximate surface area is 90.3 Å². The van der Waals surface area contributed by atoms with Crippen LogP contribution in [-0.2, 0) is 0 Å². The molecule has 2 nitrogen and oxygen atoms in total. The van der Waals surface area contributed by atoms with Crippen molar-refractivity contribution in [2.75, 3.05) is 6.54 Å². The van der Waals surface area contributed by atoms with Crippen LogP contribution in [0, 0.1) is 5.41 Å². The average Bonchev–Trinajstić information content (AvgIpc) is 2.14. The minimum atomic E-state index is 0.239. The fraction of sp³-hybridized carbons (Fsp3) is 0.545. The lowest BCUT2D eigenvalue weighted by atomic mass is 9.92. The Balaban J connectivity index is 2.67. The summed E-state index contributed by atoms with van der Waals surface area (Å²) in [6.07, 6.45) is 3.64. The monoisotopic (exact) mass is 210 g/mol. The molecule has 0 amide bonds. The number of nitrogens with two attached hydrogens (primary N) is 1. The van der Waals surface area contributed by atoms with Crippen LogP contribution in [-0.4, -0.2) is 16.8 Å². The van der Waals surface area contributed by atoms with E-state index >= 15 is 0 Å². The first-order valence-corrected chi connectivity index (χ1v) is 5.69. The Kier molecular flexibility index (Phi) is 3.96. The van der Waals surface area contributed by atoms with Gasteiger partial charge in [-0.25, -0.2) is 0 Å². The van der Waals surface area contributed by atoms with Crippen LogP contribution in [0.3, 0.4) is 0 Å². The number of hydrogen-bond donors (Lipinski definition) is 1. The Bertz CT molecular complexity index is 266. The van der Waals surface area contributed by atoms with Gasteiger partial charge in [0.1, 0.15) is 0 Å². The molecule has 1 aromatic heterocycles. The summed E-state index contributed by atoms with van der Waals surface area (Å²) in [5.41, 5.74) is 6.01. The van der Waals surface area contributed by atoms with E-state index in [9.17, 15) is 0 Å². The standard InChI is InChI=1S/C11H18N2S/c1-11(2,3)10(8-12)14-9-4-6-13-7-5-9/h4-7,10H,8,12H2,1-3H3. The van der Waals surface area contributed by atoms with Crippen molar-refractivity contribution in [1.82, 2.24) is 4.98 Å². The zero-order valence-electron chi connectivity index (χ0n) is 9.03. The molecule has 0 saturated heterocycles. The molecule has 0 saturated carbocycles. The summed E-state index contributed by atoms with van der Waals surface area (Å²) < 4.78 is 0. The van der Waals surface area contributed by atoms with E-state index in [1.165, 1.54) is 4.90 Å². The van der Waals surface area contributed by atoms with Gasteiger partial charge in [-0.3, -0.25) is 4.98 Å². The third kappa shape index (κ3) is 3.31. The van der Waals surface area contributed by atoms with Gasteiger partial charge in [0, 0.05) is 29.1 Å². The highest BCUT2D eigenvalue weighted by molar-refractivity contribution is 8.00. The number of pyridine rings is 1. The highest BCUT2D eigenvalue weighted by Crippen LogP contribution is 2.34. The molecule has 0 radical (unpaired) electrons. The number of hydrogen-bond acceptors (Lipinski definition) is 3. The molecule has 1 atom stereocenters. The quantitative estimate of drug-likeness (QED) is 0.779. The van der Waals surface area contributed by atoms with Gasteiger partial charge in [-0.1, -0.05) is 20.8 Å². The Morgan fingerprint density at radius 1 is 1.36 bits per heavy atom. The molecule has 0 aliphatic rings. The molecule has 78 valence electrons. The lowest BCUT2D eigenvalue weighted by Crippen LogP contribution is -2.30. The molecule has 1 aromatic rings. The maximum absolute atomic E-state index is 5.77. The Morgan fingerprint density at radius 2 is 1.93 bits per heavy atom. The second kappa shape index (κ2) is 4.80. The van der Waals surface area contributed by atoms with Gasteiger partial charge in [0.2, 0.25) is 0 Å². The van der Waals surface area contributed by atoms with Crippen LogP contribution in [0.2, 0.25) is 0 Å². The number of nitrogens with zero attached hydrogens (tertiary/aromatic N) is 1. The van der Waals surface area contributed by atoms with E-state index in [0.717, 1.165) is 0 Å². The summed E-state index contributed by atoms with van der Waals surface area (Å²) in [6.45, 7) is 7.37. The molecule has 1 heterocycles. The highest BCUT2D eigenvalue weighted by atomic mass is 32.2. The van der Waals surface area contributed by atoms with Crippen LogP contribution in [0.15, 0.2) is 29.4 Å². The van der Waals surface area contributed by atoms with Crippen molar-refractivity contribution in [3.63, 3.8) is 0 Å². The molecule has 0 spiro atoms. The summed E-state index contributed by atoms with van der Waals surface area (Å²) in [7, 11) is 0.